The third-order valence-corrected chi connectivity index (χ3v) is 5.06. The van der Waals surface area contributed by atoms with E-state index in [1.54, 1.807) is 24.3 Å². The van der Waals surface area contributed by atoms with Crippen LogP contribution in [-0.2, 0) is 0 Å². The summed E-state index contributed by atoms with van der Waals surface area (Å²) < 4.78 is 0.924. The second-order valence-corrected chi connectivity index (χ2v) is 7.16. The largest absolute Gasteiger partial charge is 0.507 e. The van der Waals surface area contributed by atoms with Crippen molar-refractivity contribution in [2.24, 2.45) is 0 Å². The first-order valence-corrected chi connectivity index (χ1v) is 8.86. The lowest BCUT2D eigenvalue weighted by Gasteiger charge is -2.03. The highest BCUT2D eigenvalue weighted by molar-refractivity contribution is 9.10. The highest BCUT2D eigenvalue weighted by Gasteiger charge is 2.10. The van der Waals surface area contributed by atoms with Crippen molar-refractivity contribution in [1.29, 1.82) is 0 Å². The Balaban J connectivity index is 2.21. The minimum Gasteiger partial charge on any atom is -0.507 e. The van der Waals surface area contributed by atoms with Gasteiger partial charge in [-0.25, -0.2) is 0 Å². The molecule has 0 unspecified atom stereocenters. The van der Waals surface area contributed by atoms with Gasteiger partial charge in [-0.05, 0) is 42.0 Å². The van der Waals surface area contributed by atoms with Gasteiger partial charge in [-0.2, -0.15) is 0 Å². The third-order valence-electron chi connectivity index (χ3n) is 4.23. The molecule has 0 amide bonds. The van der Waals surface area contributed by atoms with Crippen LogP contribution >= 0.6 is 27.5 Å². The van der Waals surface area contributed by atoms with Crippen molar-refractivity contribution in [3.63, 3.8) is 0 Å². The number of hydrogen-bond acceptors (Lipinski definition) is 2. The summed E-state index contributed by atoms with van der Waals surface area (Å²) in [5, 5.41) is 14.2. The van der Waals surface area contributed by atoms with Crippen molar-refractivity contribution < 1.29 is 5.11 Å². The Morgan fingerprint density at radius 2 is 1.68 bits per heavy atom. The molecule has 0 fully saturated rings. The zero-order valence-corrected chi connectivity index (χ0v) is 15.3. The van der Waals surface area contributed by atoms with Crippen LogP contribution in [0.5, 0.6) is 5.75 Å². The fourth-order valence-electron chi connectivity index (χ4n) is 3.10. The zero-order chi connectivity index (χ0) is 17.6. The maximum Gasteiger partial charge on any atom is 0.193 e. The summed E-state index contributed by atoms with van der Waals surface area (Å²) in [4.78, 5) is 13.1. The van der Waals surface area contributed by atoms with Crippen molar-refractivity contribution in [3.05, 3.63) is 91.2 Å². The highest BCUT2D eigenvalue weighted by Crippen LogP contribution is 2.32. The van der Waals surface area contributed by atoms with Crippen LogP contribution in [0.1, 0.15) is 5.56 Å². The highest BCUT2D eigenvalue weighted by atomic mass is 79.9. The van der Waals surface area contributed by atoms with E-state index in [1.165, 1.54) is 6.07 Å². The second-order valence-electron chi connectivity index (χ2n) is 5.84. The molecule has 0 heterocycles. The van der Waals surface area contributed by atoms with E-state index in [2.05, 4.69) is 15.9 Å². The van der Waals surface area contributed by atoms with E-state index in [4.69, 9.17) is 11.6 Å². The summed E-state index contributed by atoms with van der Waals surface area (Å²) in [6.45, 7) is 0. The lowest BCUT2D eigenvalue weighted by atomic mass is 10.0. The lowest BCUT2D eigenvalue weighted by Crippen LogP contribution is -2.21. The maximum absolute atomic E-state index is 13.1. The fourth-order valence-corrected chi connectivity index (χ4v) is 3.74. The predicted molar refractivity (Wildman–Crippen MR) is 107 cm³/mol. The molecule has 0 aliphatic rings. The Morgan fingerprint density at radius 3 is 2.48 bits per heavy atom. The van der Waals surface area contributed by atoms with Gasteiger partial charge >= 0.3 is 0 Å². The van der Waals surface area contributed by atoms with Gasteiger partial charge in [-0.3, -0.25) is 4.79 Å². The molecule has 4 aromatic carbocycles. The molecule has 4 rings (SSSR count). The Labute approximate surface area is 157 Å². The molecule has 0 atom stereocenters. The summed E-state index contributed by atoms with van der Waals surface area (Å²) in [5.74, 6) is 0.0567. The van der Waals surface area contributed by atoms with Crippen molar-refractivity contribution >= 4 is 55.2 Å². The van der Waals surface area contributed by atoms with Gasteiger partial charge in [0.25, 0.3) is 0 Å². The SMILES string of the molecule is O=c1/c(=C\c2cccc(Br)c2)cc(O)c2cccc3c(Cl)ccc1c23. The Bertz CT molecular complexity index is 1250. The number of rotatable bonds is 1. The molecule has 0 spiro atoms. The summed E-state index contributed by atoms with van der Waals surface area (Å²) in [6.07, 6.45) is 1.77. The van der Waals surface area contributed by atoms with Crippen LogP contribution in [0.3, 0.4) is 0 Å². The molecular formula is C21H12BrClO2. The van der Waals surface area contributed by atoms with Gasteiger partial charge in [0.2, 0.25) is 0 Å². The molecule has 0 radical (unpaired) electrons. The number of hydrogen-bond donors (Lipinski definition) is 1. The van der Waals surface area contributed by atoms with E-state index in [0.29, 0.717) is 26.4 Å². The van der Waals surface area contributed by atoms with Crippen molar-refractivity contribution in [1.82, 2.24) is 0 Å². The normalized spacial score (nSPS) is 12.2. The molecule has 4 aromatic rings. The van der Waals surface area contributed by atoms with Gasteiger partial charge in [0.15, 0.2) is 5.43 Å². The monoisotopic (exact) mass is 410 g/mol. The van der Waals surface area contributed by atoms with Gasteiger partial charge in [0, 0.05) is 36.3 Å². The number of benzene rings is 3. The van der Waals surface area contributed by atoms with Crippen LogP contribution < -0.4 is 10.6 Å². The maximum atomic E-state index is 13.1. The molecule has 25 heavy (non-hydrogen) atoms. The van der Waals surface area contributed by atoms with E-state index in [-0.39, 0.29) is 11.2 Å². The van der Waals surface area contributed by atoms with Crippen LogP contribution in [0.15, 0.2) is 69.9 Å². The first-order valence-electron chi connectivity index (χ1n) is 7.69. The summed E-state index contributed by atoms with van der Waals surface area (Å²) in [5.41, 5.74) is 0.732. The Hall–Kier alpha value is -2.36. The molecule has 122 valence electrons. The predicted octanol–water partition coefficient (Wildman–Crippen LogP) is 5.02. The molecule has 1 N–H and O–H groups in total. The Kier molecular flexibility index (Phi) is 3.98. The molecule has 0 aromatic heterocycles. The van der Waals surface area contributed by atoms with Crippen LogP contribution in [-0.4, -0.2) is 5.11 Å². The number of halogens is 2. The molecule has 0 bridgehead atoms. The van der Waals surface area contributed by atoms with E-state index >= 15 is 0 Å². The fraction of sp³-hybridized carbons (Fsp3) is 0. The second kappa shape index (κ2) is 6.17. The third kappa shape index (κ3) is 2.80. The average molecular weight is 412 g/mol. The Morgan fingerprint density at radius 1 is 0.920 bits per heavy atom. The van der Waals surface area contributed by atoms with Gasteiger partial charge in [-0.1, -0.05) is 57.9 Å². The van der Waals surface area contributed by atoms with Crippen molar-refractivity contribution in [2.45, 2.75) is 0 Å². The standard InChI is InChI=1S/C21H12BrClO2/c22-14-4-1-3-12(10-14)9-13-11-19(24)16-6-2-5-15-18(23)8-7-17(20(15)16)21(13)25/h1-11,24H/b13-9-. The summed E-state index contributed by atoms with van der Waals surface area (Å²) >= 11 is 9.71. The van der Waals surface area contributed by atoms with Crippen LogP contribution in [0.2, 0.25) is 5.02 Å². The minimum atomic E-state index is -0.141. The van der Waals surface area contributed by atoms with Gasteiger partial charge in [0.1, 0.15) is 5.75 Å². The van der Waals surface area contributed by atoms with Gasteiger partial charge in [-0.15, -0.1) is 0 Å². The number of aromatic hydroxyl groups is 1. The van der Waals surface area contributed by atoms with E-state index in [9.17, 15) is 9.90 Å². The molecule has 2 nitrogen and oxygen atoms in total. The van der Waals surface area contributed by atoms with E-state index in [1.807, 2.05) is 36.4 Å². The van der Waals surface area contributed by atoms with E-state index < -0.39 is 0 Å². The van der Waals surface area contributed by atoms with E-state index in [0.717, 1.165) is 15.4 Å². The zero-order valence-electron chi connectivity index (χ0n) is 13.0. The molecular weight excluding hydrogens is 400 g/mol. The molecule has 0 aliphatic heterocycles. The smallest absolute Gasteiger partial charge is 0.193 e. The van der Waals surface area contributed by atoms with Gasteiger partial charge < -0.3 is 5.11 Å². The van der Waals surface area contributed by atoms with Crippen LogP contribution in [0.4, 0.5) is 0 Å². The van der Waals surface area contributed by atoms with Crippen LogP contribution in [0.25, 0.3) is 27.6 Å². The molecule has 0 saturated heterocycles. The minimum absolute atomic E-state index is 0.0567. The average Bonchev–Trinajstić information content (AvgIpc) is 2.69. The topological polar surface area (TPSA) is 37.3 Å². The molecule has 4 heteroatoms. The quantitative estimate of drug-likeness (QED) is 0.477. The first-order chi connectivity index (χ1) is 12.0. The van der Waals surface area contributed by atoms with Gasteiger partial charge in [0.05, 0.1) is 0 Å². The van der Waals surface area contributed by atoms with Crippen molar-refractivity contribution in [2.75, 3.05) is 0 Å². The molecule has 0 aliphatic carbocycles. The first kappa shape index (κ1) is 16.1. The van der Waals surface area contributed by atoms with Crippen LogP contribution in [0, 0.1) is 0 Å². The summed E-state index contributed by atoms with van der Waals surface area (Å²) in [6, 6.07) is 18.1. The lowest BCUT2D eigenvalue weighted by molar-refractivity contribution is 0.481. The molecule has 0 saturated carbocycles. The summed E-state index contributed by atoms with van der Waals surface area (Å²) in [7, 11) is 0. The van der Waals surface area contributed by atoms with Crippen molar-refractivity contribution in [3.8, 4) is 5.75 Å².